The van der Waals surface area contributed by atoms with Crippen LogP contribution < -0.4 is 13.9 Å². The molecule has 8 heteroatoms. The largest absolute Gasteiger partial charge is 0.476 e. The van der Waals surface area contributed by atoms with Gasteiger partial charge in [-0.3, -0.25) is 9.10 Å². The van der Waals surface area contributed by atoms with E-state index in [1.807, 2.05) is 24.3 Å². The van der Waals surface area contributed by atoms with Crippen LogP contribution in [0.15, 0.2) is 77.7 Å². The van der Waals surface area contributed by atoms with Crippen molar-refractivity contribution in [3.05, 3.63) is 83.4 Å². The zero-order valence-electron chi connectivity index (χ0n) is 16.4. The monoisotopic (exact) mass is 454 g/mol. The van der Waals surface area contributed by atoms with E-state index in [9.17, 15) is 13.2 Å². The van der Waals surface area contributed by atoms with Crippen LogP contribution in [0.3, 0.4) is 0 Å². The van der Waals surface area contributed by atoms with Crippen LogP contribution in [0.5, 0.6) is 5.75 Å². The van der Waals surface area contributed by atoms with E-state index in [-0.39, 0.29) is 17.3 Å². The molecule has 3 aromatic carbocycles. The molecule has 0 saturated carbocycles. The highest BCUT2D eigenvalue weighted by atomic mass is 35.5. The molecule has 1 atom stereocenters. The zero-order valence-corrected chi connectivity index (χ0v) is 18.0. The molecule has 0 radical (unpaired) electrons. The van der Waals surface area contributed by atoms with Gasteiger partial charge in [0.05, 0.1) is 17.1 Å². The van der Waals surface area contributed by atoms with E-state index in [0.29, 0.717) is 23.0 Å². The number of carbonyl (C=O) groups is 1. The standard InChI is InChI=1S/C23H19ClN2O4S/c24-17-10-11-21-20(14-17)26(31(28,29)18-7-2-1-3-8-18)15-22(30-21)23(27)25-13-12-16-6-4-5-9-19(16)25/h1-11,14,22H,12-13,15H2. The van der Waals surface area contributed by atoms with Gasteiger partial charge in [-0.15, -0.1) is 0 Å². The fourth-order valence-electron chi connectivity index (χ4n) is 4.04. The first kappa shape index (κ1) is 19.9. The third-order valence-corrected chi connectivity index (χ3v) is 7.58. The second kappa shape index (κ2) is 7.59. The quantitative estimate of drug-likeness (QED) is 0.602. The van der Waals surface area contributed by atoms with E-state index in [1.165, 1.54) is 16.4 Å². The van der Waals surface area contributed by atoms with Crippen molar-refractivity contribution in [2.75, 3.05) is 22.3 Å². The topological polar surface area (TPSA) is 66.9 Å². The minimum atomic E-state index is -3.92. The van der Waals surface area contributed by atoms with Crippen LogP contribution in [0, 0.1) is 0 Å². The lowest BCUT2D eigenvalue weighted by atomic mass is 10.1. The first-order valence-electron chi connectivity index (χ1n) is 9.88. The van der Waals surface area contributed by atoms with Crippen molar-refractivity contribution in [2.45, 2.75) is 17.4 Å². The van der Waals surface area contributed by atoms with E-state index in [0.717, 1.165) is 17.7 Å². The van der Waals surface area contributed by atoms with Gasteiger partial charge in [0.1, 0.15) is 5.75 Å². The van der Waals surface area contributed by atoms with Gasteiger partial charge in [-0.1, -0.05) is 48.0 Å². The number of carbonyl (C=O) groups excluding carboxylic acids is 1. The molecule has 0 aliphatic carbocycles. The number of hydrogen-bond acceptors (Lipinski definition) is 4. The van der Waals surface area contributed by atoms with Crippen LogP contribution in [0.25, 0.3) is 0 Å². The summed E-state index contributed by atoms with van der Waals surface area (Å²) in [6.07, 6.45) is -0.217. The van der Waals surface area contributed by atoms with Crippen molar-refractivity contribution in [2.24, 2.45) is 0 Å². The molecule has 31 heavy (non-hydrogen) atoms. The molecule has 6 nitrogen and oxygen atoms in total. The van der Waals surface area contributed by atoms with Crippen molar-refractivity contribution < 1.29 is 17.9 Å². The summed E-state index contributed by atoms with van der Waals surface area (Å²) in [7, 11) is -3.92. The maximum Gasteiger partial charge on any atom is 0.269 e. The van der Waals surface area contributed by atoms with Crippen LogP contribution in [0.2, 0.25) is 5.02 Å². The summed E-state index contributed by atoms with van der Waals surface area (Å²) in [6.45, 7) is 0.402. The zero-order chi connectivity index (χ0) is 21.6. The van der Waals surface area contributed by atoms with Gasteiger partial charge in [0.2, 0.25) is 0 Å². The average Bonchev–Trinajstić information content (AvgIpc) is 3.22. The predicted molar refractivity (Wildman–Crippen MR) is 119 cm³/mol. The smallest absolute Gasteiger partial charge is 0.269 e. The lowest BCUT2D eigenvalue weighted by Gasteiger charge is -2.36. The van der Waals surface area contributed by atoms with Gasteiger partial charge in [0, 0.05) is 17.3 Å². The van der Waals surface area contributed by atoms with Crippen molar-refractivity contribution in [1.29, 1.82) is 0 Å². The van der Waals surface area contributed by atoms with E-state index in [1.54, 1.807) is 41.3 Å². The van der Waals surface area contributed by atoms with Crippen LogP contribution in [-0.2, 0) is 21.2 Å². The van der Waals surface area contributed by atoms with Crippen molar-refractivity contribution in [1.82, 2.24) is 0 Å². The lowest BCUT2D eigenvalue weighted by molar-refractivity contribution is -0.125. The SMILES string of the molecule is O=C(C1CN(S(=O)(=O)c2ccccc2)c2cc(Cl)ccc2O1)N1CCc2ccccc21. The van der Waals surface area contributed by atoms with Crippen LogP contribution in [0.1, 0.15) is 5.56 Å². The number of ether oxygens (including phenoxy) is 1. The molecule has 0 spiro atoms. The van der Waals surface area contributed by atoms with Gasteiger partial charge in [0.25, 0.3) is 15.9 Å². The Balaban J connectivity index is 1.54. The van der Waals surface area contributed by atoms with Crippen LogP contribution >= 0.6 is 11.6 Å². The summed E-state index contributed by atoms with van der Waals surface area (Å²) in [5, 5.41) is 0.383. The number of fused-ring (bicyclic) bond motifs is 2. The number of benzene rings is 3. The van der Waals surface area contributed by atoms with E-state index >= 15 is 0 Å². The maximum absolute atomic E-state index is 13.5. The molecular formula is C23H19ClN2O4S. The normalized spacial score (nSPS) is 17.6. The predicted octanol–water partition coefficient (Wildman–Crippen LogP) is 3.89. The third kappa shape index (κ3) is 3.43. The highest BCUT2D eigenvalue weighted by Gasteiger charge is 2.40. The molecule has 2 aliphatic rings. The molecule has 2 aliphatic heterocycles. The highest BCUT2D eigenvalue weighted by molar-refractivity contribution is 7.92. The van der Waals surface area contributed by atoms with E-state index in [4.69, 9.17) is 16.3 Å². The number of para-hydroxylation sites is 1. The molecule has 1 amide bonds. The Kier molecular flexibility index (Phi) is 4.87. The van der Waals surface area contributed by atoms with Gasteiger partial charge in [-0.05, 0) is 48.4 Å². The Labute approximate surface area is 185 Å². The summed E-state index contributed by atoms with van der Waals surface area (Å²) in [5.74, 6) is 0.0415. The fourth-order valence-corrected chi connectivity index (χ4v) is 5.70. The number of halogens is 1. The Bertz CT molecular complexity index is 1260. The van der Waals surface area contributed by atoms with Crippen LogP contribution in [0.4, 0.5) is 11.4 Å². The Hall–Kier alpha value is -3.03. The summed E-state index contributed by atoms with van der Waals surface area (Å²) < 4.78 is 34.1. The van der Waals surface area contributed by atoms with Gasteiger partial charge in [-0.2, -0.15) is 0 Å². The Morgan fingerprint density at radius 2 is 1.71 bits per heavy atom. The molecule has 5 rings (SSSR count). The Morgan fingerprint density at radius 1 is 0.968 bits per heavy atom. The average molecular weight is 455 g/mol. The maximum atomic E-state index is 13.5. The Morgan fingerprint density at radius 3 is 2.52 bits per heavy atom. The van der Waals surface area contributed by atoms with Gasteiger partial charge >= 0.3 is 0 Å². The lowest BCUT2D eigenvalue weighted by Crippen LogP contribution is -2.51. The number of nitrogens with zero attached hydrogens (tertiary/aromatic N) is 2. The van der Waals surface area contributed by atoms with Gasteiger partial charge < -0.3 is 9.64 Å². The number of sulfonamides is 1. The third-order valence-electron chi connectivity index (χ3n) is 5.55. The van der Waals surface area contributed by atoms with E-state index in [2.05, 4.69) is 0 Å². The summed E-state index contributed by atoms with van der Waals surface area (Å²) in [4.78, 5) is 15.2. The second-order valence-corrected chi connectivity index (χ2v) is 9.74. The molecule has 0 N–H and O–H groups in total. The first-order chi connectivity index (χ1) is 14.9. The van der Waals surface area contributed by atoms with E-state index < -0.39 is 16.1 Å². The molecule has 3 aromatic rings. The van der Waals surface area contributed by atoms with Crippen molar-refractivity contribution >= 4 is 38.9 Å². The molecule has 158 valence electrons. The first-order valence-corrected chi connectivity index (χ1v) is 11.7. The summed E-state index contributed by atoms with van der Waals surface area (Å²) in [5.41, 5.74) is 2.25. The highest BCUT2D eigenvalue weighted by Crippen LogP contribution is 2.39. The number of amides is 1. The molecule has 1 unspecified atom stereocenters. The molecule has 0 saturated heterocycles. The van der Waals surface area contributed by atoms with Gasteiger partial charge in [-0.25, -0.2) is 8.42 Å². The summed E-state index contributed by atoms with van der Waals surface area (Å²) in [6, 6.07) is 20.6. The molecule has 0 aromatic heterocycles. The number of anilines is 2. The van der Waals surface area contributed by atoms with Gasteiger partial charge in [0.15, 0.2) is 6.10 Å². The molecule has 0 bridgehead atoms. The number of hydrogen-bond donors (Lipinski definition) is 0. The number of rotatable bonds is 3. The van der Waals surface area contributed by atoms with Crippen LogP contribution in [-0.4, -0.2) is 33.5 Å². The van der Waals surface area contributed by atoms with Crippen molar-refractivity contribution in [3.8, 4) is 5.75 Å². The minimum Gasteiger partial charge on any atom is -0.476 e. The fraction of sp³-hybridized carbons (Fsp3) is 0.174. The second-order valence-electron chi connectivity index (χ2n) is 7.44. The minimum absolute atomic E-state index is 0.137. The molecule has 2 heterocycles. The molecular weight excluding hydrogens is 436 g/mol. The van der Waals surface area contributed by atoms with Crippen molar-refractivity contribution in [3.63, 3.8) is 0 Å². The summed E-state index contributed by atoms with van der Waals surface area (Å²) >= 11 is 6.14. The molecule has 0 fully saturated rings.